The van der Waals surface area contributed by atoms with Gasteiger partial charge >= 0.3 is 0 Å². The minimum Gasteiger partial charge on any atom is -0.481 e. The van der Waals surface area contributed by atoms with E-state index in [0.29, 0.717) is 12.2 Å². The van der Waals surface area contributed by atoms with E-state index in [1.807, 2.05) is 0 Å². The Morgan fingerprint density at radius 2 is 2.26 bits per heavy atom. The van der Waals surface area contributed by atoms with Crippen LogP contribution in [0, 0.1) is 5.82 Å². The predicted molar refractivity (Wildman–Crippen MR) is 69.3 cm³/mol. The number of ether oxygens (including phenoxy) is 2. The van der Waals surface area contributed by atoms with E-state index in [1.54, 1.807) is 20.1 Å². The molecule has 0 fully saturated rings. The number of nitrogens with two attached hydrogens (primary N) is 1. The second kappa shape index (κ2) is 7.70. The summed E-state index contributed by atoms with van der Waals surface area (Å²) in [5.41, 5.74) is 6.06. The Morgan fingerprint density at radius 1 is 1.53 bits per heavy atom. The Kier molecular flexibility index (Phi) is 6.24. The van der Waals surface area contributed by atoms with E-state index in [4.69, 9.17) is 15.2 Å². The first-order valence-electron chi connectivity index (χ1n) is 5.96. The molecule has 1 aromatic rings. The van der Waals surface area contributed by atoms with Crippen molar-refractivity contribution in [1.82, 2.24) is 5.32 Å². The fourth-order valence-electron chi connectivity index (χ4n) is 1.54. The zero-order chi connectivity index (χ0) is 14.3. The van der Waals surface area contributed by atoms with Gasteiger partial charge < -0.3 is 20.5 Å². The SMILES string of the molecule is COCC(C)NC(=O)COc1ccc(CN)cc1F. The van der Waals surface area contributed by atoms with Gasteiger partial charge in [0.2, 0.25) is 0 Å². The third-order valence-corrected chi connectivity index (χ3v) is 2.41. The zero-order valence-electron chi connectivity index (χ0n) is 11.1. The lowest BCUT2D eigenvalue weighted by Gasteiger charge is -2.13. The van der Waals surface area contributed by atoms with Crippen molar-refractivity contribution in [2.45, 2.75) is 19.5 Å². The van der Waals surface area contributed by atoms with Crippen LogP contribution in [0.25, 0.3) is 0 Å². The highest BCUT2D eigenvalue weighted by Gasteiger charge is 2.10. The summed E-state index contributed by atoms with van der Waals surface area (Å²) in [6.45, 7) is 2.22. The van der Waals surface area contributed by atoms with Gasteiger partial charge in [0, 0.05) is 19.7 Å². The van der Waals surface area contributed by atoms with Gasteiger partial charge in [-0.3, -0.25) is 4.79 Å². The van der Waals surface area contributed by atoms with Crippen molar-refractivity contribution in [2.75, 3.05) is 20.3 Å². The van der Waals surface area contributed by atoms with Crippen LogP contribution < -0.4 is 15.8 Å². The molecule has 1 atom stereocenters. The van der Waals surface area contributed by atoms with Gasteiger partial charge in [0.15, 0.2) is 18.2 Å². The fraction of sp³-hybridized carbons (Fsp3) is 0.462. The van der Waals surface area contributed by atoms with Gasteiger partial charge in [-0.1, -0.05) is 6.07 Å². The number of rotatable bonds is 7. The molecular weight excluding hydrogens is 251 g/mol. The lowest BCUT2D eigenvalue weighted by atomic mass is 10.2. The summed E-state index contributed by atoms with van der Waals surface area (Å²) in [5.74, 6) is -0.820. The highest BCUT2D eigenvalue weighted by molar-refractivity contribution is 5.77. The van der Waals surface area contributed by atoms with Crippen LogP contribution >= 0.6 is 0 Å². The second-order valence-corrected chi connectivity index (χ2v) is 4.18. The normalized spacial score (nSPS) is 12.0. The second-order valence-electron chi connectivity index (χ2n) is 4.18. The number of amides is 1. The van der Waals surface area contributed by atoms with Gasteiger partial charge in [-0.25, -0.2) is 4.39 Å². The van der Waals surface area contributed by atoms with Crippen LogP contribution in [0.5, 0.6) is 5.75 Å². The summed E-state index contributed by atoms with van der Waals surface area (Å²) in [7, 11) is 1.55. The van der Waals surface area contributed by atoms with Crippen molar-refractivity contribution in [2.24, 2.45) is 5.73 Å². The highest BCUT2D eigenvalue weighted by Crippen LogP contribution is 2.17. The summed E-state index contributed by atoms with van der Waals surface area (Å²) in [6.07, 6.45) is 0. The number of halogens is 1. The highest BCUT2D eigenvalue weighted by atomic mass is 19.1. The van der Waals surface area contributed by atoms with E-state index in [-0.39, 0.29) is 30.9 Å². The Morgan fingerprint density at radius 3 is 2.84 bits per heavy atom. The fourth-order valence-corrected chi connectivity index (χ4v) is 1.54. The summed E-state index contributed by atoms with van der Waals surface area (Å²) < 4.78 is 23.5. The smallest absolute Gasteiger partial charge is 0.258 e. The van der Waals surface area contributed by atoms with Crippen LogP contribution in [0.3, 0.4) is 0 Å². The van der Waals surface area contributed by atoms with E-state index in [0.717, 1.165) is 0 Å². The molecule has 6 heteroatoms. The monoisotopic (exact) mass is 270 g/mol. The first-order chi connectivity index (χ1) is 9.06. The molecule has 1 aromatic carbocycles. The van der Waals surface area contributed by atoms with Gasteiger partial charge in [0.25, 0.3) is 5.91 Å². The first kappa shape index (κ1) is 15.4. The number of carbonyl (C=O) groups excluding carboxylic acids is 1. The van der Waals surface area contributed by atoms with E-state index >= 15 is 0 Å². The van der Waals surface area contributed by atoms with Crippen LogP contribution in [-0.4, -0.2) is 32.3 Å². The average Bonchev–Trinajstić information content (AvgIpc) is 2.37. The number of hydrogen-bond donors (Lipinski definition) is 2. The van der Waals surface area contributed by atoms with Crippen molar-refractivity contribution in [1.29, 1.82) is 0 Å². The molecule has 0 bridgehead atoms. The summed E-state index contributed by atoms with van der Waals surface area (Å²) >= 11 is 0. The van der Waals surface area contributed by atoms with Crippen molar-refractivity contribution in [3.63, 3.8) is 0 Å². The third kappa shape index (κ3) is 5.23. The van der Waals surface area contributed by atoms with Gasteiger partial charge in [-0.15, -0.1) is 0 Å². The van der Waals surface area contributed by atoms with Crippen LogP contribution in [0.2, 0.25) is 0 Å². The Bertz CT molecular complexity index is 426. The lowest BCUT2D eigenvalue weighted by Crippen LogP contribution is -2.38. The maximum absolute atomic E-state index is 13.5. The van der Waals surface area contributed by atoms with E-state index in [1.165, 1.54) is 12.1 Å². The van der Waals surface area contributed by atoms with Crippen LogP contribution in [0.4, 0.5) is 4.39 Å². The molecule has 19 heavy (non-hydrogen) atoms. The molecular formula is C13H19FN2O3. The first-order valence-corrected chi connectivity index (χ1v) is 5.96. The quantitative estimate of drug-likeness (QED) is 0.769. The van der Waals surface area contributed by atoms with Gasteiger partial charge in [-0.05, 0) is 24.6 Å². The van der Waals surface area contributed by atoms with Gasteiger partial charge in [0.05, 0.1) is 6.61 Å². The van der Waals surface area contributed by atoms with Crippen molar-refractivity contribution < 1.29 is 18.7 Å². The maximum Gasteiger partial charge on any atom is 0.258 e. The number of carbonyl (C=O) groups is 1. The predicted octanol–water partition coefficient (Wildman–Crippen LogP) is 0.814. The van der Waals surface area contributed by atoms with Gasteiger partial charge in [0.1, 0.15) is 0 Å². The number of nitrogens with one attached hydrogen (secondary N) is 1. The Balaban J connectivity index is 2.46. The van der Waals surface area contributed by atoms with Crippen molar-refractivity contribution in [3.05, 3.63) is 29.6 Å². The summed E-state index contributed by atoms with van der Waals surface area (Å²) in [5, 5.41) is 2.66. The van der Waals surface area contributed by atoms with Crippen LogP contribution in [0.1, 0.15) is 12.5 Å². The molecule has 106 valence electrons. The Hall–Kier alpha value is -1.66. The maximum atomic E-state index is 13.5. The van der Waals surface area contributed by atoms with Crippen molar-refractivity contribution >= 4 is 5.91 Å². The molecule has 0 saturated heterocycles. The molecule has 1 unspecified atom stereocenters. The number of methoxy groups -OCH3 is 1. The minimum absolute atomic E-state index is 0.0340. The molecule has 1 rings (SSSR count). The van der Waals surface area contributed by atoms with Crippen LogP contribution in [0.15, 0.2) is 18.2 Å². The molecule has 0 aliphatic rings. The molecule has 0 aromatic heterocycles. The van der Waals surface area contributed by atoms with Crippen molar-refractivity contribution in [3.8, 4) is 5.75 Å². The molecule has 0 heterocycles. The van der Waals surface area contributed by atoms with Gasteiger partial charge in [-0.2, -0.15) is 0 Å². The third-order valence-electron chi connectivity index (χ3n) is 2.41. The Labute approximate surface area is 111 Å². The largest absolute Gasteiger partial charge is 0.481 e. The molecule has 0 saturated carbocycles. The average molecular weight is 270 g/mol. The standard InChI is InChI=1S/C13H19FN2O3/c1-9(7-18-2)16-13(17)8-19-12-4-3-10(6-15)5-11(12)14/h3-5,9H,6-8,15H2,1-2H3,(H,16,17). The molecule has 5 nitrogen and oxygen atoms in total. The topological polar surface area (TPSA) is 73.6 Å². The number of hydrogen-bond acceptors (Lipinski definition) is 4. The zero-order valence-corrected chi connectivity index (χ0v) is 11.1. The molecule has 1 amide bonds. The summed E-state index contributed by atoms with van der Waals surface area (Å²) in [4.78, 5) is 11.5. The van der Waals surface area contributed by atoms with Crippen LogP contribution in [-0.2, 0) is 16.1 Å². The minimum atomic E-state index is -0.527. The molecule has 0 aliphatic carbocycles. The van der Waals surface area contributed by atoms with E-state index in [2.05, 4.69) is 5.32 Å². The molecule has 0 radical (unpaired) electrons. The summed E-state index contributed by atoms with van der Waals surface area (Å²) in [6, 6.07) is 4.29. The molecule has 0 spiro atoms. The lowest BCUT2D eigenvalue weighted by molar-refractivity contribution is -0.124. The number of benzene rings is 1. The molecule has 3 N–H and O–H groups in total. The molecule has 0 aliphatic heterocycles. The van der Waals surface area contributed by atoms with E-state index in [9.17, 15) is 9.18 Å². The van der Waals surface area contributed by atoms with E-state index < -0.39 is 5.82 Å².